The predicted octanol–water partition coefficient (Wildman–Crippen LogP) is 5.69. The minimum absolute atomic E-state index is 0.160. The van der Waals surface area contributed by atoms with Gasteiger partial charge in [-0.2, -0.15) is 0 Å². The van der Waals surface area contributed by atoms with Crippen LogP contribution in [0.5, 0.6) is 0 Å². The summed E-state index contributed by atoms with van der Waals surface area (Å²) in [6.07, 6.45) is 0.698. The summed E-state index contributed by atoms with van der Waals surface area (Å²) in [5.74, 6) is -0.344. The molecule has 0 saturated heterocycles. The molecule has 180 valence electrons. The SMILES string of the molecule is CCC(NC(=O)CN(c1cccc(C)c1C)S(=O)(=O)c1ccc(C)cc1)c1ccc(C)cc1C. The van der Waals surface area contributed by atoms with Gasteiger partial charge < -0.3 is 5.32 Å². The molecule has 1 atom stereocenters. The van der Waals surface area contributed by atoms with E-state index < -0.39 is 10.0 Å². The number of nitrogens with one attached hydrogen (secondary N) is 1. The molecule has 34 heavy (non-hydrogen) atoms. The Morgan fingerprint density at radius 1 is 0.882 bits per heavy atom. The number of aryl methyl sites for hydroxylation is 4. The zero-order valence-electron chi connectivity index (χ0n) is 20.8. The maximum absolute atomic E-state index is 13.7. The van der Waals surface area contributed by atoms with Crippen molar-refractivity contribution < 1.29 is 13.2 Å². The average Bonchev–Trinajstić information content (AvgIpc) is 2.78. The van der Waals surface area contributed by atoms with E-state index in [0.29, 0.717) is 12.1 Å². The van der Waals surface area contributed by atoms with E-state index in [0.717, 1.165) is 33.4 Å². The summed E-state index contributed by atoms with van der Waals surface area (Å²) < 4.78 is 28.6. The van der Waals surface area contributed by atoms with Crippen molar-refractivity contribution in [2.45, 2.75) is 58.9 Å². The third kappa shape index (κ3) is 5.50. The van der Waals surface area contributed by atoms with Gasteiger partial charge in [0.2, 0.25) is 5.91 Å². The van der Waals surface area contributed by atoms with Gasteiger partial charge in [-0.3, -0.25) is 9.10 Å². The van der Waals surface area contributed by atoms with Gasteiger partial charge in [0.25, 0.3) is 10.0 Å². The zero-order chi connectivity index (χ0) is 25.0. The largest absolute Gasteiger partial charge is 0.348 e. The highest BCUT2D eigenvalue weighted by Crippen LogP contribution is 2.29. The van der Waals surface area contributed by atoms with E-state index in [1.54, 1.807) is 30.3 Å². The van der Waals surface area contributed by atoms with Crippen molar-refractivity contribution in [1.82, 2.24) is 5.32 Å². The predicted molar refractivity (Wildman–Crippen MR) is 139 cm³/mol. The van der Waals surface area contributed by atoms with Crippen LogP contribution in [0.3, 0.4) is 0 Å². The first-order valence-corrected chi connectivity index (χ1v) is 13.0. The van der Waals surface area contributed by atoms with Crippen LogP contribution >= 0.6 is 0 Å². The lowest BCUT2D eigenvalue weighted by Gasteiger charge is -2.28. The molecule has 0 fully saturated rings. The number of anilines is 1. The van der Waals surface area contributed by atoms with E-state index >= 15 is 0 Å². The number of benzene rings is 3. The third-order valence-electron chi connectivity index (χ3n) is 6.29. The number of sulfonamides is 1. The summed E-state index contributed by atoms with van der Waals surface area (Å²) >= 11 is 0. The Bertz CT molecular complexity index is 1280. The molecule has 3 aromatic carbocycles. The van der Waals surface area contributed by atoms with Crippen molar-refractivity contribution in [3.8, 4) is 0 Å². The van der Waals surface area contributed by atoms with Crippen LogP contribution in [-0.4, -0.2) is 20.9 Å². The summed E-state index contributed by atoms with van der Waals surface area (Å²) in [6.45, 7) is 11.5. The van der Waals surface area contributed by atoms with Crippen LogP contribution in [0, 0.1) is 34.6 Å². The van der Waals surface area contributed by atoms with Crippen LogP contribution < -0.4 is 9.62 Å². The first kappa shape index (κ1) is 25.5. The quantitative estimate of drug-likeness (QED) is 0.452. The second kappa shape index (κ2) is 10.4. The van der Waals surface area contributed by atoms with Crippen LogP contribution in [0.25, 0.3) is 0 Å². The van der Waals surface area contributed by atoms with Crippen LogP contribution in [0.2, 0.25) is 0 Å². The standard InChI is InChI=1S/C28H34N2O3S/c1-7-26(25-16-13-20(3)17-22(25)5)29-28(31)18-30(27-10-8-9-21(4)23(27)6)34(32,33)24-14-11-19(2)12-15-24/h8-17,26H,7,18H2,1-6H3,(H,29,31). The molecule has 6 heteroatoms. The second-order valence-electron chi connectivity index (χ2n) is 8.93. The minimum atomic E-state index is -3.95. The average molecular weight is 479 g/mol. The van der Waals surface area contributed by atoms with Crippen molar-refractivity contribution in [2.75, 3.05) is 10.8 Å². The lowest BCUT2D eigenvalue weighted by atomic mass is 9.97. The summed E-state index contributed by atoms with van der Waals surface area (Å²) in [6, 6.07) is 18.2. The smallest absolute Gasteiger partial charge is 0.264 e. The van der Waals surface area contributed by atoms with Crippen molar-refractivity contribution in [3.05, 3.63) is 94.0 Å². The van der Waals surface area contributed by atoms with E-state index in [2.05, 4.69) is 11.4 Å². The molecule has 1 unspecified atom stereocenters. The number of carbonyl (C=O) groups is 1. The molecule has 0 radical (unpaired) electrons. The zero-order valence-corrected chi connectivity index (χ0v) is 21.7. The molecule has 1 N–H and O–H groups in total. The fourth-order valence-electron chi connectivity index (χ4n) is 4.13. The van der Waals surface area contributed by atoms with Gasteiger partial charge in [-0.05, 0) is 81.5 Å². The van der Waals surface area contributed by atoms with E-state index in [9.17, 15) is 13.2 Å². The Kier molecular flexibility index (Phi) is 7.82. The Hall–Kier alpha value is -3.12. The topological polar surface area (TPSA) is 66.5 Å². The van der Waals surface area contributed by atoms with Gasteiger partial charge in [0.1, 0.15) is 6.54 Å². The van der Waals surface area contributed by atoms with Crippen LogP contribution in [-0.2, 0) is 14.8 Å². The highest BCUT2D eigenvalue weighted by Gasteiger charge is 2.29. The van der Waals surface area contributed by atoms with Gasteiger partial charge in [-0.1, -0.05) is 60.5 Å². The maximum Gasteiger partial charge on any atom is 0.264 e. The van der Waals surface area contributed by atoms with E-state index in [1.807, 2.05) is 65.8 Å². The highest BCUT2D eigenvalue weighted by atomic mass is 32.2. The molecule has 0 aliphatic rings. The van der Waals surface area contributed by atoms with E-state index in [1.165, 1.54) is 4.31 Å². The third-order valence-corrected chi connectivity index (χ3v) is 8.06. The minimum Gasteiger partial charge on any atom is -0.348 e. The number of nitrogens with zero attached hydrogens (tertiary/aromatic N) is 1. The van der Waals surface area contributed by atoms with Gasteiger partial charge in [0.05, 0.1) is 16.6 Å². The van der Waals surface area contributed by atoms with Crippen LogP contribution in [0.15, 0.2) is 65.6 Å². The number of amides is 1. The Balaban J connectivity index is 1.97. The molecule has 3 rings (SSSR count). The maximum atomic E-state index is 13.7. The summed E-state index contributed by atoms with van der Waals surface area (Å²) in [7, 11) is -3.95. The lowest BCUT2D eigenvalue weighted by molar-refractivity contribution is -0.120. The van der Waals surface area contributed by atoms with Crippen molar-refractivity contribution in [3.63, 3.8) is 0 Å². The van der Waals surface area contributed by atoms with Gasteiger partial charge in [-0.15, -0.1) is 0 Å². The van der Waals surface area contributed by atoms with Crippen LogP contribution in [0.4, 0.5) is 5.69 Å². The summed E-state index contributed by atoms with van der Waals surface area (Å²) in [4.78, 5) is 13.4. The molecule has 0 aliphatic heterocycles. The Morgan fingerprint density at radius 3 is 2.15 bits per heavy atom. The first-order valence-electron chi connectivity index (χ1n) is 11.6. The van der Waals surface area contributed by atoms with Gasteiger partial charge in [0.15, 0.2) is 0 Å². The molecule has 3 aromatic rings. The number of rotatable bonds is 8. The molecule has 0 saturated carbocycles. The second-order valence-corrected chi connectivity index (χ2v) is 10.8. The molecule has 0 aliphatic carbocycles. The van der Waals surface area contributed by atoms with Crippen molar-refractivity contribution in [2.24, 2.45) is 0 Å². The Morgan fingerprint density at radius 2 is 1.53 bits per heavy atom. The van der Waals surface area contributed by atoms with Crippen molar-refractivity contribution >= 4 is 21.6 Å². The van der Waals surface area contributed by atoms with Gasteiger partial charge >= 0.3 is 0 Å². The molecule has 0 aromatic heterocycles. The van der Waals surface area contributed by atoms with Crippen molar-refractivity contribution in [1.29, 1.82) is 0 Å². The molecule has 0 heterocycles. The molecular formula is C28H34N2O3S. The monoisotopic (exact) mass is 478 g/mol. The first-order chi connectivity index (χ1) is 16.0. The molecule has 0 spiro atoms. The molecule has 5 nitrogen and oxygen atoms in total. The van der Waals surface area contributed by atoms with Crippen LogP contribution in [0.1, 0.15) is 52.8 Å². The van der Waals surface area contributed by atoms with E-state index in [-0.39, 0.29) is 23.4 Å². The van der Waals surface area contributed by atoms with Gasteiger partial charge in [-0.25, -0.2) is 8.42 Å². The number of carbonyl (C=O) groups excluding carboxylic acids is 1. The molecule has 0 bridgehead atoms. The highest BCUT2D eigenvalue weighted by molar-refractivity contribution is 7.92. The number of hydrogen-bond donors (Lipinski definition) is 1. The summed E-state index contributed by atoms with van der Waals surface area (Å²) in [5.41, 5.74) is 6.57. The Labute approximate surface area is 203 Å². The molecule has 1 amide bonds. The van der Waals surface area contributed by atoms with Gasteiger partial charge in [0, 0.05) is 0 Å². The normalized spacial score (nSPS) is 12.3. The fourth-order valence-corrected chi connectivity index (χ4v) is 5.61. The summed E-state index contributed by atoms with van der Waals surface area (Å²) in [5, 5.41) is 3.07. The lowest BCUT2D eigenvalue weighted by Crippen LogP contribution is -2.42. The molecular weight excluding hydrogens is 444 g/mol. The fraction of sp³-hybridized carbons (Fsp3) is 0.321. The number of hydrogen-bond acceptors (Lipinski definition) is 3. The van der Waals surface area contributed by atoms with E-state index in [4.69, 9.17) is 0 Å².